The number of rotatable bonds is 14. The van der Waals surface area contributed by atoms with Crippen molar-refractivity contribution in [1.82, 2.24) is 15.5 Å². The largest absolute Gasteiger partial charge is 0.511 e. The molecule has 0 radical (unpaired) electrons. The lowest BCUT2D eigenvalue weighted by Gasteiger charge is -2.26. The van der Waals surface area contributed by atoms with E-state index < -0.39 is 6.04 Å². The van der Waals surface area contributed by atoms with E-state index in [-0.39, 0.29) is 23.6 Å². The van der Waals surface area contributed by atoms with Crippen LogP contribution in [0.5, 0.6) is 0 Å². The second kappa shape index (κ2) is 22.4. The maximum Gasteiger partial charge on any atom is 0.240 e. The molecule has 0 aliphatic carbocycles. The van der Waals surface area contributed by atoms with Crippen molar-refractivity contribution in [3.05, 3.63) is 47.7 Å². The van der Waals surface area contributed by atoms with Gasteiger partial charge in [-0.25, -0.2) is 0 Å². The number of benzene rings is 1. The first kappa shape index (κ1) is 37.5. The standard InChI is InChI=1S/C16H31N3O2S2.C11H17N.C2H6/c1-10(2)7-13(12(5)20)18-14(21)9-19(6)16(23)15(22)17-8-11(3)4;1-2-5-10-6-3-4-7-11(10)8-9-12;1-2/h10-11,13,15,17,20,22H,5,7-9H2,1-4,6H3,(H,18,21);3-4,6-7H,2,5,8-9,12H2,1H3;1-2H3/t13?,15-;;/m0../s1. The van der Waals surface area contributed by atoms with E-state index in [2.05, 4.69) is 74.9 Å². The number of thiol groups is 1. The molecule has 0 saturated carbocycles. The van der Waals surface area contributed by atoms with Crippen LogP contribution in [0.4, 0.5) is 0 Å². The molecule has 1 aromatic rings. The Balaban J connectivity index is 0. The smallest absolute Gasteiger partial charge is 0.240 e. The van der Waals surface area contributed by atoms with Gasteiger partial charge in [0.15, 0.2) is 0 Å². The molecule has 0 aromatic heterocycles. The van der Waals surface area contributed by atoms with Gasteiger partial charge in [-0.2, -0.15) is 12.6 Å². The summed E-state index contributed by atoms with van der Waals surface area (Å²) in [5.74, 6) is 0.599. The van der Waals surface area contributed by atoms with E-state index in [9.17, 15) is 9.90 Å². The minimum atomic E-state index is -0.435. The zero-order valence-electron chi connectivity index (χ0n) is 24.5. The first-order chi connectivity index (χ1) is 17.4. The van der Waals surface area contributed by atoms with Crippen LogP contribution in [0.1, 0.15) is 72.4 Å². The summed E-state index contributed by atoms with van der Waals surface area (Å²) in [5.41, 5.74) is 8.41. The summed E-state index contributed by atoms with van der Waals surface area (Å²) in [6.45, 7) is 19.6. The quantitative estimate of drug-likeness (QED) is 0.0901. The molecule has 1 aromatic carbocycles. The van der Waals surface area contributed by atoms with Gasteiger partial charge in [-0.05, 0) is 55.3 Å². The van der Waals surface area contributed by atoms with Gasteiger partial charge in [0, 0.05) is 7.05 Å². The van der Waals surface area contributed by atoms with Crippen LogP contribution in [0.25, 0.3) is 0 Å². The number of thiocarbonyl (C=S) groups is 1. The van der Waals surface area contributed by atoms with Crippen molar-refractivity contribution >= 4 is 35.7 Å². The number of aliphatic hydroxyl groups is 1. The van der Waals surface area contributed by atoms with Gasteiger partial charge >= 0.3 is 0 Å². The van der Waals surface area contributed by atoms with E-state index in [1.807, 2.05) is 27.7 Å². The second-order valence-electron chi connectivity index (χ2n) is 9.70. The van der Waals surface area contributed by atoms with Gasteiger partial charge in [-0.15, -0.1) is 0 Å². The normalized spacial score (nSPS) is 12.0. The Bertz CT molecular complexity index is 747. The number of aryl methyl sites for hydroxylation is 1. The van der Waals surface area contributed by atoms with E-state index in [1.54, 1.807) is 11.9 Å². The molecule has 0 bridgehead atoms. The van der Waals surface area contributed by atoms with Crippen molar-refractivity contribution < 1.29 is 9.90 Å². The van der Waals surface area contributed by atoms with Gasteiger partial charge < -0.3 is 21.1 Å². The predicted octanol–water partition coefficient (Wildman–Crippen LogP) is 5.52. The number of carbonyl (C=O) groups is 1. The Morgan fingerprint density at radius 1 is 1.14 bits per heavy atom. The van der Waals surface area contributed by atoms with E-state index >= 15 is 0 Å². The molecule has 1 rings (SSSR count). The van der Waals surface area contributed by atoms with Crippen molar-refractivity contribution in [3.8, 4) is 0 Å². The van der Waals surface area contributed by atoms with Crippen LogP contribution >= 0.6 is 24.8 Å². The van der Waals surface area contributed by atoms with E-state index in [1.165, 1.54) is 24.0 Å². The summed E-state index contributed by atoms with van der Waals surface area (Å²) in [6, 6.07) is 8.14. The van der Waals surface area contributed by atoms with Crippen LogP contribution in [0.15, 0.2) is 36.6 Å². The topological polar surface area (TPSA) is 90.6 Å². The number of nitrogens with one attached hydrogen (secondary N) is 2. The molecule has 0 spiro atoms. The van der Waals surface area contributed by atoms with Crippen molar-refractivity contribution in [2.75, 3.05) is 26.7 Å². The summed E-state index contributed by atoms with van der Waals surface area (Å²) in [4.78, 5) is 14.4. The molecule has 2 atom stereocenters. The van der Waals surface area contributed by atoms with Gasteiger partial charge in [0.25, 0.3) is 0 Å². The zero-order chi connectivity index (χ0) is 29.0. The van der Waals surface area contributed by atoms with Gasteiger partial charge in [-0.3, -0.25) is 10.1 Å². The third-order valence-electron chi connectivity index (χ3n) is 5.21. The average Bonchev–Trinajstić information content (AvgIpc) is 2.84. The molecule has 6 nitrogen and oxygen atoms in total. The van der Waals surface area contributed by atoms with E-state index in [0.717, 1.165) is 19.5 Å². The molecule has 0 aliphatic rings. The molecule has 1 unspecified atom stereocenters. The molecule has 0 heterocycles. The first-order valence-electron chi connectivity index (χ1n) is 13.5. The van der Waals surface area contributed by atoms with Crippen LogP contribution in [-0.4, -0.2) is 59.0 Å². The lowest BCUT2D eigenvalue weighted by atomic mass is 10.0. The highest BCUT2D eigenvalue weighted by Crippen LogP contribution is 2.11. The van der Waals surface area contributed by atoms with Crippen molar-refractivity contribution in [1.29, 1.82) is 0 Å². The number of amides is 1. The fourth-order valence-corrected chi connectivity index (χ4v) is 3.85. The SMILES string of the molecule is C=C(O)C(CC(C)C)NC(=O)CN(C)C(=S)[C@H](S)NCC(C)C.CC.CCCc1ccccc1CCN. The summed E-state index contributed by atoms with van der Waals surface area (Å²) >= 11 is 9.77. The third-order valence-corrected chi connectivity index (χ3v) is 6.36. The lowest BCUT2D eigenvalue weighted by molar-refractivity contribution is -0.122. The number of carbonyl (C=O) groups excluding carboxylic acids is 1. The van der Waals surface area contributed by atoms with Crippen LogP contribution in [0, 0.1) is 11.8 Å². The van der Waals surface area contributed by atoms with Gasteiger partial charge in [0.1, 0.15) is 16.1 Å². The Morgan fingerprint density at radius 2 is 1.68 bits per heavy atom. The van der Waals surface area contributed by atoms with Crippen LogP contribution in [-0.2, 0) is 17.6 Å². The highest BCUT2D eigenvalue weighted by Gasteiger charge is 2.20. The van der Waals surface area contributed by atoms with E-state index in [0.29, 0.717) is 23.2 Å². The Kier molecular flexibility index (Phi) is 22.7. The molecule has 1 amide bonds. The van der Waals surface area contributed by atoms with Crippen molar-refractivity contribution in [3.63, 3.8) is 0 Å². The molecule has 37 heavy (non-hydrogen) atoms. The second-order valence-corrected chi connectivity index (χ2v) is 10.6. The predicted molar refractivity (Wildman–Crippen MR) is 169 cm³/mol. The molecule has 5 N–H and O–H groups in total. The zero-order valence-corrected chi connectivity index (χ0v) is 26.2. The monoisotopic (exact) mass is 554 g/mol. The summed E-state index contributed by atoms with van der Waals surface area (Å²) in [7, 11) is 1.76. The van der Waals surface area contributed by atoms with Crippen LogP contribution in [0.3, 0.4) is 0 Å². The fourth-order valence-electron chi connectivity index (χ4n) is 3.40. The first-order valence-corrected chi connectivity index (χ1v) is 14.5. The Labute approximate surface area is 238 Å². The molecule has 0 aliphatic heterocycles. The average molecular weight is 555 g/mol. The van der Waals surface area contributed by atoms with Gasteiger partial charge in [0.2, 0.25) is 5.91 Å². The lowest BCUT2D eigenvalue weighted by Crippen LogP contribution is -2.47. The number of likely N-dealkylation sites (N-methyl/N-ethyl adjacent to an activating group) is 1. The minimum Gasteiger partial charge on any atom is -0.511 e. The van der Waals surface area contributed by atoms with Crippen LogP contribution in [0.2, 0.25) is 0 Å². The maximum atomic E-state index is 12.1. The summed E-state index contributed by atoms with van der Waals surface area (Å²) in [6.07, 6.45) is 4.04. The molecule has 214 valence electrons. The van der Waals surface area contributed by atoms with Crippen molar-refractivity contribution in [2.45, 2.75) is 85.6 Å². The molecular weight excluding hydrogens is 500 g/mol. The Morgan fingerprint density at radius 3 is 2.11 bits per heavy atom. The number of nitrogens with two attached hydrogens (primary N) is 1. The third kappa shape index (κ3) is 18.3. The number of hydrogen-bond acceptors (Lipinski definition) is 6. The fraction of sp³-hybridized carbons (Fsp3) is 0.655. The molecule has 0 saturated heterocycles. The van der Waals surface area contributed by atoms with E-state index in [4.69, 9.17) is 18.0 Å². The Hall–Kier alpha value is -1.61. The maximum absolute atomic E-state index is 12.1. The molecule has 0 fully saturated rings. The number of hydrogen-bond donors (Lipinski definition) is 5. The summed E-state index contributed by atoms with van der Waals surface area (Å²) in [5, 5.41) is 15.3. The van der Waals surface area contributed by atoms with Crippen molar-refractivity contribution in [2.24, 2.45) is 17.6 Å². The number of aliphatic hydroxyl groups excluding tert-OH is 1. The highest BCUT2D eigenvalue weighted by molar-refractivity contribution is 7.86. The number of nitrogens with zero attached hydrogens (tertiary/aromatic N) is 1. The minimum absolute atomic E-state index is 0.0250. The molecular formula is C29H54N4O2S2. The summed E-state index contributed by atoms with van der Waals surface area (Å²) < 4.78 is 0. The van der Waals surface area contributed by atoms with Gasteiger partial charge in [0.05, 0.1) is 12.6 Å². The van der Waals surface area contributed by atoms with Crippen LogP contribution < -0.4 is 16.4 Å². The highest BCUT2D eigenvalue weighted by atomic mass is 32.1. The molecule has 8 heteroatoms. The van der Waals surface area contributed by atoms with Gasteiger partial charge in [-0.1, -0.05) is 97.9 Å².